The van der Waals surface area contributed by atoms with Gasteiger partial charge in [0.25, 0.3) is 0 Å². The molecule has 0 spiro atoms. The van der Waals surface area contributed by atoms with E-state index in [9.17, 15) is 5.11 Å². The van der Waals surface area contributed by atoms with Crippen LogP contribution in [0, 0.1) is 0 Å². The smallest absolute Gasteiger partial charge is 0.192 e. The summed E-state index contributed by atoms with van der Waals surface area (Å²) >= 11 is 0. The number of aliphatic imine (C=N–C) groups is 1. The van der Waals surface area contributed by atoms with E-state index in [2.05, 4.69) is 53.7 Å². The van der Waals surface area contributed by atoms with Gasteiger partial charge in [0.05, 0.1) is 19.7 Å². The van der Waals surface area contributed by atoms with Crippen LogP contribution in [0.25, 0.3) is 0 Å². The van der Waals surface area contributed by atoms with E-state index in [1.54, 1.807) is 12.1 Å². The van der Waals surface area contributed by atoms with Crippen LogP contribution in [0.5, 0.6) is 11.5 Å². The Labute approximate surface area is 156 Å². The molecular weight excluding hydrogens is 326 g/mol. The third-order valence-electron chi connectivity index (χ3n) is 4.25. The van der Waals surface area contributed by atoms with Gasteiger partial charge in [-0.3, -0.25) is 0 Å². The minimum absolute atomic E-state index is 0.127. The summed E-state index contributed by atoms with van der Waals surface area (Å²) in [5.74, 6) is 1.34. The van der Waals surface area contributed by atoms with E-state index in [1.807, 2.05) is 13.0 Å². The number of phenols is 1. The molecule has 0 aliphatic carbocycles. The lowest BCUT2D eigenvalue weighted by Crippen LogP contribution is -2.38. The fourth-order valence-electron chi connectivity index (χ4n) is 2.65. The number of hydrogen-bond donors (Lipinski definition) is 3. The molecule has 0 fully saturated rings. The molecule has 0 aromatic heterocycles. The van der Waals surface area contributed by atoms with Crippen molar-refractivity contribution in [3.8, 4) is 11.5 Å². The molecule has 0 saturated heterocycles. The average molecular weight is 355 g/mol. The number of ether oxygens (including phenoxy) is 1. The second-order valence-electron chi connectivity index (χ2n) is 6.16. The van der Waals surface area contributed by atoms with Gasteiger partial charge in [-0.15, -0.1) is 0 Å². The zero-order valence-corrected chi connectivity index (χ0v) is 16.0. The van der Waals surface area contributed by atoms with Crippen molar-refractivity contribution in [1.29, 1.82) is 0 Å². The predicted octanol–water partition coefficient (Wildman–Crippen LogP) is 3.78. The van der Waals surface area contributed by atoms with Crippen LogP contribution in [0.2, 0.25) is 0 Å². The van der Waals surface area contributed by atoms with Crippen molar-refractivity contribution in [3.63, 3.8) is 0 Å². The van der Waals surface area contributed by atoms with Crippen LogP contribution in [0.3, 0.4) is 0 Å². The molecule has 0 aliphatic rings. The van der Waals surface area contributed by atoms with Gasteiger partial charge < -0.3 is 20.5 Å². The normalized spacial score (nSPS) is 12.5. The van der Waals surface area contributed by atoms with Crippen LogP contribution < -0.4 is 15.4 Å². The van der Waals surface area contributed by atoms with Crippen molar-refractivity contribution in [2.45, 2.75) is 39.8 Å². The van der Waals surface area contributed by atoms with Crippen molar-refractivity contribution >= 4 is 5.96 Å². The van der Waals surface area contributed by atoms with E-state index in [0.29, 0.717) is 12.3 Å². The summed E-state index contributed by atoms with van der Waals surface area (Å²) in [6.07, 6.45) is 1.04. The third-order valence-corrected chi connectivity index (χ3v) is 4.25. The maximum Gasteiger partial charge on any atom is 0.192 e. The number of aryl methyl sites for hydroxylation is 1. The Balaban J connectivity index is 2.06. The number of rotatable bonds is 7. The quantitative estimate of drug-likeness (QED) is 0.522. The van der Waals surface area contributed by atoms with Crippen molar-refractivity contribution in [1.82, 2.24) is 10.6 Å². The Kier molecular flexibility index (Phi) is 7.33. The highest BCUT2D eigenvalue weighted by molar-refractivity contribution is 5.80. The summed E-state index contributed by atoms with van der Waals surface area (Å²) < 4.78 is 5.07. The molecular formula is C21H29N3O2. The number of aromatic hydroxyl groups is 1. The molecule has 0 aliphatic heterocycles. The zero-order valence-electron chi connectivity index (χ0n) is 16.0. The van der Waals surface area contributed by atoms with Crippen LogP contribution in [-0.2, 0) is 13.0 Å². The minimum atomic E-state index is 0.127. The fraction of sp³-hybridized carbons (Fsp3) is 0.381. The summed E-state index contributed by atoms with van der Waals surface area (Å²) in [5.41, 5.74) is 3.47. The van der Waals surface area contributed by atoms with Crippen molar-refractivity contribution in [2.75, 3.05) is 13.7 Å². The second-order valence-corrected chi connectivity index (χ2v) is 6.16. The standard InChI is InChI=1S/C21H29N3O2/c1-5-16-7-10-18(11-8-16)15(3)24-21(22-6-2)23-14-17-9-12-20(26-4)19(25)13-17/h7-13,15,25H,5-6,14H2,1-4H3,(H2,22,23,24). The van der Waals surface area contributed by atoms with E-state index in [1.165, 1.54) is 18.2 Å². The van der Waals surface area contributed by atoms with Crippen molar-refractivity contribution in [2.24, 2.45) is 4.99 Å². The summed E-state index contributed by atoms with van der Waals surface area (Å²) in [5, 5.41) is 16.6. The first-order valence-corrected chi connectivity index (χ1v) is 9.06. The van der Waals surface area contributed by atoms with Gasteiger partial charge in [0.2, 0.25) is 0 Å². The molecule has 0 saturated carbocycles. The Morgan fingerprint density at radius 1 is 1.12 bits per heavy atom. The molecule has 3 N–H and O–H groups in total. The number of nitrogens with one attached hydrogen (secondary N) is 2. The lowest BCUT2D eigenvalue weighted by molar-refractivity contribution is 0.373. The molecule has 26 heavy (non-hydrogen) atoms. The molecule has 140 valence electrons. The van der Waals surface area contributed by atoms with Crippen molar-refractivity contribution in [3.05, 3.63) is 59.2 Å². The van der Waals surface area contributed by atoms with Crippen LogP contribution in [0.1, 0.15) is 43.5 Å². The van der Waals surface area contributed by atoms with E-state index in [4.69, 9.17) is 4.74 Å². The van der Waals surface area contributed by atoms with Crippen LogP contribution >= 0.6 is 0 Å². The Morgan fingerprint density at radius 3 is 2.38 bits per heavy atom. The van der Waals surface area contributed by atoms with Gasteiger partial charge in [-0.1, -0.05) is 37.3 Å². The van der Waals surface area contributed by atoms with Gasteiger partial charge in [0.1, 0.15) is 0 Å². The molecule has 0 amide bonds. The molecule has 0 radical (unpaired) electrons. The molecule has 5 heteroatoms. The van der Waals surface area contributed by atoms with Crippen LogP contribution in [-0.4, -0.2) is 24.7 Å². The third kappa shape index (κ3) is 5.41. The monoisotopic (exact) mass is 355 g/mol. The second kappa shape index (κ2) is 9.70. The molecule has 2 aromatic carbocycles. The Bertz CT molecular complexity index is 727. The first-order valence-electron chi connectivity index (χ1n) is 9.06. The summed E-state index contributed by atoms with van der Waals surface area (Å²) in [7, 11) is 1.54. The Hall–Kier alpha value is -2.69. The number of guanidine groups is 1. The van der Waals surface area contributed by atoms with E-state index < -0.39 is 0 Å². The highest BCUT2D eigenvalue weighted by Crippen LogP contribution is 2.26. The lowest BCUT2D eigenvalue weighted by atomic mass is 10.1. The highest BCUT2D eigenvalue weighted by Gasteiger charge is 2.08. The van der Waals surface area contributed by atoms with Gasteiger partial charge >= 0.3 is 0 Å². The summed E-state index contributed by atoms with van der Waals surface area (Å²) in [6.45, 7) is 7.56. The van der Waals surface area contributed by atoms with E-state index in [0.717, 1.165) is 24.5 Å². The molecule has 0 heterocycles. The fourth-order valence-corrected chi connectivity index (χ4v) is 2.65. The van der Waals surface area contributed by atoms with Crippen LogP contribution in [0.4, 0.5) is 0 Å². The van der Waals surface area contributed by atoms with Gasteiger partial charge in [-0.05, 0) is 49.1 Å². The van der Waals surface area contributed by atoms with Gasteiger partial charge in [-0.2, -0.15) is 0 Å². The van der Waals surface area contributed by atoms with Crippen LogP contribution in [0.15, 0.2) is 47.5 Å². The molecule has 2 aromatic rings. The topological polar surface area (TPSA) is 65.9 Å². The average Bonchev–Trinajstić information content (AvgIpc) is 2.66. The molecule has 1 atom stereocenters. The predicted molar refractivity (Wildman–Crippen MR) is 107 cm³/mol. The summed E-state index contributed by atoms with van der Waals surface area (Å²) in [4.78, 5) is 4.62. The van der Waals surface area contributed by atoms with E-state index in [-0.39, 0.29) is 11.8 Å². The number of phenolic OH excluding ortho intramolecular Hbond substituents is 1. The molecule has 5 nitrogen and oxygen atoms in total. The molecule has 0 bridgehead atoms. The first kappa shape index (κ1) is 19.6. The maximum atomic E-state index is 9.89. The first-order chi connectivity index (χ1) is 12.6. The highest BCUT2D eigenvalue weighted by atomic mass is 16.5. The largest absolute Gasteiger partial charge is 0.504 e. The summed E-state index contributed by atoms with van der Waals surface area (Å²) in [6, 6.07) is 14.1. The lowest BCUT2D eigenvalue weighted by Gasteiger charge is -2.18. The Morgan fingerprint density at radius 2 is 1.81 bits per heavy atom. The van der Waals surface area contributed by atoms with E-state index >= 15 is 0 Å². The number of nitrogens with zero attached hydrogens (tertiary/aromatic N) is 1. The zero-order chi connectivity index (χ0) is 18.9. The number of methoxy groups -OCH3 is 1. The van der Waals surface area contributed by atoms with Crippen molar-refractivity contribution < 1.29 is 9.84 Å². The van der Waals surface area contributed by atoms with Gasteiger partial charge in [0, 0.05) is 6.54 Å². The molecule has 2 rings (SSSR count). The maximum absolute atomic E-state index is 9.89. The molecule has 1 unspecified atom stereocenters. The SMILES string of the molecule is CCNC(=NCc1ccc(OC)c(O)c1)NC(C)c1ccc(CC)cc1. The number of hydrogen-bond acceptors (Lipinski definition) is 3. The van der Waals surface area contributed by atoms with Gasteiger partial charge in [-0.25, -0.2) is 4.99 Å². The minimum Gasteiger partial charge on any atom is -0.504 e. The van der Waals surface area contributed by atoms with Gasteiger partial charge in [0.15, 0.2) is 17.5 Å². The number of benzene rings is 2.